The SMILES string of the molecule is Cc1cc(N)cc(S(=O)(=O)Nc2cccc(Br)c2C)c1C. The number of aryl methyl sites for hydroxylation is 1. The molecule has 2 rings (SSSR count). The standard InChI is InChI=1S/C15H17BrN2O2S/c1-9-7-12(17)8-15(10(9)2)21(19,20)18-14-6-4-5-13(16)11(14)3/h4-8,18H,17H2,1-3H3. The van der Waals surface area contributed by atoms with Crippen molar-refractivity contribution in [2.24, 2.45) is 0 Å². The van der Waals surface area contributed by atoms with Crippen LogP contribution in [0.2, 0.25) is 0 Å². The normalized spacial score (nSPS) is 11.4. The first-order valence-corrected chi connectivity index (χ1v) is 8.64. The summed E-state index contributed by atoms with van der Waals surface area (Å²) in [6, 6.07) is 8.62. The molecule has 0 heterocycles. The summed E-state index contributed by atoms with van der Waals surface area (Å²) >= 11 is 3.39. The number of nitrogens with one attached hydrogen (secondary N) is 1. The van der Waals surface area contributed by atoms with Crippen molar-refractivity contribution in [1.29, 1.82) is 0 Å². The van der Waals surface area contributed by atoms with E-state index in [0.29, 0.717) is 16.9 Å². The number of hydrogen-bond donors (Lipinski definition) is 2. The van der Waals surface area contributed by atoms with Crippen LogP contribution in [0.3, 0.4) is 0 Å². The fourth-order valence-corrected chi connectivity index (χ4v) is 3.89. The van der Waals surface area contributed by atoms with Gasteiger partial charge in [-0.3, -0.25) is 4.72 Å². The monoisotopic (exact) mass is 368 g/mol. The van der Waals surface area contributed by atoms with Crippen LogP contribution in [0, 0.1) is 20.8 Å². The number of anilines is 2. The summed E-state index contributed by atoms with van der Waals surface area (Å²) in [4.78, 5) is 0.208. The molecule has 0 saturated carbocycles. The van der Waals surface area contributed by atoms with Crippen molar-refractivity contribution in [1.82, 2.24) is 0 Å². The van der Waals surface area contributed by atoms with Crippen LogP contribution in [0.5, 0.6) is 0 Å². The first-order chi connectivity index (χ1) is 9.72. The highest BCUT2D eigenvalue weighted by molar-refractivity contribution is 9.10. The summed E-state index contributed by atoms with van der Waals surface area (Å²) < 4.78 is 28.7. The van der Waals surface area contributed by atoms with Crippen LogP contribution in [-0.2, 0) is 10.0 Å². The van der Waals surface area contributed by atoms with Gasteiger partial charge in [0.25, 0.3) is 10.0 Å². The van der Waals surface area contributed by atoms with E-state index in [1.165, 1.54) is 6.07 Å². The maximum absolute atomic E-state index is 12.6. The van der Waals surface area contributed by atoms with Crippen molar-refractivity contribution >= 4 is 37.3 Å². The zero-order valence-corrected chi connectivity index (χ0v) is 14.5. The number of sulfonamides is 1. The van der Waals surface area contributed by atoms with Gasteiger partial charge in [0.15, 0.2) is 0 Å². The molecule has 3 N–H and O–H groups in total. The number of halogens is 1. The Balaban J connectivity index is 2.51. The molecule has 0 saturated heterocycles. The fraction of sp³-hybridized carbons (Fsp3) is 0.200. The molecule has 2 aromatic rings. The van der Waals surface area contributed by atoms with Crippen LogP contribution in [0.1, 0.15) is 16.7 Å². The van der Waals surface area contributed by atoms with Gasteiger partial charge in [0.05, 0.1) is 10.6 Å². The number of hydrogen-bond acceptors (Lipinski definition) is 3. The molecule has 0 fully saturated rings. The van der Waals surface area contributed by atoms with E-state index in [0.717, 1.165) is 15.6 Å². The van der Waals surface area contributed by atoms with Crippen molar-refractivity contribution in [3.63, 3.8) is 0 Å². The summed E-state index contributed by atoms with van der Waals surface area (Å²) in [6.07, 6.45) is 0. The fourth-order valence-electron chi connectivity index (χ4n) is 2.05. The first kappa shape index (κ1) is 15.9. The molecule has 0 bridgehead atoms. The Labute approximate surface area is 133 Å². The second-order valence-corrected chi connectivity index (χ2v) is 7.48. The Kier molecular flexibility index (Phi) is 4.30. The zero-order valence-electron chi connectivity index (χ0n) is 12.1. The minimum absolute atomic E-state index is 0.208. The van der Waals surface area contributed by atoms with Crippen molar-refractivity contribution in [2.75, 3.05) is 10.5 Å². The lowest BCUT2D eigenvalue weighted by Gasteiger charge is -2.15. The van der Waals surface area contributed by atoms with Gasteiger partial charge < -0.3 is 5.73 Å². The summed E-state index contributed by atoms with van der Waals surface area (Å²) in [7, 11) is -3.68. The highest BCUT2D eigenvalue weighted by atomic mass is 79.9. The average Bonchev–Trinajstić information content (AvgIpc) is 2.39. The predicted molar refractivity (Wildman–Crippen MR) is 90.0 cm³/mol. The molecule has 21 heavy (non-hydrogen) atoms. The van der Waals surface area contributed by atoms with Crippen LogP contribution in [0.25, 0.3) is 0 Å². The Morgan fingerprint density at radius 2 is 1.76 bits per heavy atom. The maximum Gasteiger partial charge on any atom is 0.262 e. The number of benzene rings is 2. The molecule has 112 valence electrons. The second kappa shape index (κ2) is 5.69. The molecule has 0 spiro atoms. The quantitative estimate of drug-likeness (QED) is 0.810. The van der Waals surface area contributed by atoms with Crippen LogP contribution in [-0.4, -0.2) is 8.42 Å². The van der Waals surface area contributed by atoms with Gasteiger partial charge >= 0.3 is 0 Å². The van der Waals surface area contributed by atoms with E-state index in [9.17, 15) is 8.42 Å². The van der Waals surface area contributed by atoms with Gasteiger partial charge in [-0.2, -0.15) is 0 Å². The van der Waals surface area contributed by atoms with Crippen molar-refractivity contribution < 1.29 is 8.42 Å². The highest BCUT2D eigenvalue weighted by Crippen LogP contribution is 2.28. The zero-order chi connectivity index (χ0) is 15.8. The van der Waals surface area contributed by atoms with Gasteiger partial charge in [-0.05, 0) is 61.7 Å². The van der Waals surface area contributed by atoms with Crippen molar-refractivity contribution in [3.05, 3.63) is 51.5 Å². The largest absolute Gasteiger partial charge is 0.399 e. The Morgan fingerprint density at radius 1 is 1.10 bits per heavy atom. The van der Waals surface area contributed by atoms with E-state index >= 15 is 0 Å². The third-order valence-corrected chi connectivity index (χ3v) is 5.79. The molecule has 0 unspecified atom stereocenters. The van der Waals surface area contributed by atoms with Gasteiger partial charge in [-0.25, -0.2) is 8.42 Å². The Morgan fingerprint density at radius 3 is 2.43 bits per heavy atom. The summed E-state index contributed by atoms with van der Waals surface area (Å²) in [6.45, 7) is 5.46. The molecule has 0 atom stereocenters. The smallest absolute Gasteiger partial charge is 0.262 e. The van der Waals surface area contributed by atoms with Crippen LogP contribution in [0.15, 0.2) is 39.7 Å². The first-order valence-electron chi connectivity index (χ1n) is 6.37. The molecule has 4 nitrogen and oxygen atoms in total. The van der Waals surface area contributed by atoms with E-state index in [1.807, 2.05) is 19.9 Å². The lowest BCUT2D eigenvalue weighted by Crippen LogP contribution is -2.16. The molecular weight excluding hydrogens is 352 g/mol. The molecule has 0 aliphatic carbocycles. The van der Waals surface area contributed by atoms with E-state index in [4.69, 9.17) is 5.73 Å². The van der Waals surface area contributed by atoms with Crippen molar-refractivity contribution in [3.8, 4) is 0 Å². The molecule has 2 aromatic carbocycles. The minimum Gasteiger partial charge on any atom is -0.399 e. The molecule has 0 aromatic heterocycles. The molecular formula is C15H17BrN2O2S. The van der Waals surface area contributed by atoms with Gasteiger partial charge in [-0.1, -0.05) is 22.0 Å². The predicted octanol–water partition coefficient (Wildman–Crippen LogP) is 3.76. The molecule has 0 amide bonds. The maximum atomic E-state index is 12.6. The number of nitrogens with two attached hydrogens (primary N) is 1. The lowest BCUT2D eigenvalue weighted by atomic mass is 10.1. The van der Waals surface area contributed by atoms with Crippen LogP contribution in [0.4, 0.5) is 11.4 Å². The number of rotatable bonds is 3. The van der Waals surface area contributed by atoms with E-state index in [-0.39, 0.29) is 4.90 Å². The van der Waals surface area contributed by atoms with E-state index < -0.39 is 10.0 Å². The highest BCUT2D eigenvalue weighted by Gasteiger charge is 2.19. The van der Waals surface area contributed by atoms with Gasteiger partial charge in [0.2, 0.25) is 0 Å². The van der Waals surface area contributed by atoms with Gasteiger partial charge in [0.1, 0.15) is 0 Å². The summed E-state index contributed by atoms with van der Waals surface area (Å²) in [5.41, 5.74) is 9.13. The number of nitrogen functional groups attached to an aromatic ring is 1. The summed E-state index contributed by atoms with van der Waals surface area (Å²) in [5.74, 6) is 0. The third kappa shape index (κ3) is 3.22. The Hall–Kier alpha value is -1.53. The van der Waals surface area contributed by atoms with E-state index in [1.54, 1.807) is 25.1 Å². The lowest BCUT2D eigenvalue weighted by molar-refractivity contribution is 0.600. The molecule has 6 heteroatoms. The molecule has 0 radical (unpaired) electrons. The second-order valence-electron chi connectivity index (χ2n) is 4.98. The molecule has 0 aliphatic rings. The third-order valence-electron chi connectivity index (χ3n) is 3.44. The van der Waals surface area contributed by atoms with Crippen LogP contribution >= 0.6 is 15.9 Å². The Bertz CT molecular complexity index is 802. The molecule has 0 aliphatic heterocycles. The summed E-state index contributed by atoms with van der Waals surface area (Å²) in [5, 5.41) is 0. The van der Waals surface area contributed by atoms with E-state index in [2.05, 4.69) is 20.7 Å². The van der Waals surface area contributed by atoms with Crippen LogP contribution < -0.4 is 10.5 Å². The van der Waals surface area contributed by atoms with Crippen molar-refractivity contribution in [2.45, 2.75) is 25.7 Å². The average molecular weight is 369 g/mol. The topological polar surface area (TPSA) is 72.2 Å². The van der Waals surface area contributed by atoms with Gasteiger partial charge in [-0.15, -0.1) is 0 Å². The minimum atomic E-state index is -3.68. The van der Waals surface area contributed by atoms with Gasteiger partial charge in [0, 0.05) is 10.2 Å².